The molecule has 0 amide bonds. The van der Waals surface area contributed by atoms with E-state index in [4.69, 9.17) is 1.37 Å². The molecule has 0 unspecified atom stereocenters. The Kier molecular flexibility index (Phi) is 2.43. The molecule has 2 aromatic rings. The van der Waals surface area contributed by atoms with E-state index in [2.05, 4.69) is 9.98 Å². The Labute approximate surface area is 91.9 Å². The molecule has 80 valence electrons. The normalized spacial score (nSPS) is 12.2. The van der Waals surface area contributed by atoms with Gasteiger partial charge in [-0.15, -0.1) is 0 Å². The van der Waals surface area contributed by atoms with E-state index < -0.39 is 11.2 Å². The van der Waals surface area contributed by atoms with Gasteiger partial charge >= 0.3 is 5.69 Å². The van der Waals surface area contributed by atoms with E-state index in [9.17, 15) is 9.59 Å². The smallest absolute Gasteiger partial charge is 0.312 e. The molecule has 1 aromatic carbocycles. The lowest BCUT2D eigenvalue weighted by atomic mass is 10.2. The number of aromatic amines is 2. The summed E-state index contributed by atoms with van der Waals surface area (Å²) in [5.41, 5.74) is -0.619. The minimum Gasteiger partial charge on any atom is -0.312 e. The van der Waals surface area contributed by atoms with Gasteiger partial charge in [0.15, 0.2) is 0 Å². The number of hydrogen-bond donors (Lipinski definition) is 2. The molecule has 0 aliphatic carbocycles. The second-order valence-corrected chi connectivity index (χ2v) is 3.05. The first kappa shape index (κ1) is 8.84. The first-order chi connectivity index (χ1) is 8.16. The summed E-state index contributed by atoms with van der Waals surface area (Å²) in [6.45, 7) is 0. The van der Waals surface area contributed by atoms with Crippen molar-refractivity contribution in [3.63, 3.8) is 0 Å². The fourth-order valence-electron chi connectivity index (χ4n) is 1.12. The molecule has 5 nitrogen and oxygen atoms in total. The van der Waals surface area contributed by atoms with Crippen molar-refractivity contribution in [3.05, 3.63) is 62.9 Å². The van der Waals surface area contributed by atoms with E-state index in [0.29, 0.717) is 5.56 Å². The van der Waals surface area contributed by atoms with Crippen LogP contribution < -0.4 is 11.2 Å². The van der Waals surface area contributed by atoms with Crippen molar-refractivity contribution in [1.29, 1.82) is 0 Å². The number of rotatable bonds is 2. The van der Waals surface area contributed by atoms with Crippen LogP contribution in [0.5, 0.6) is 0 Å². The number of benzene rings is 1. The van der Waals surface area contributed by atoms with Gasteiger partial charge in [0.2, 0.25) is 0 Å². The molecular weight excluding hydrogens is 206 g/mol. The van der Waals surface area contributed by atoms with Crippen LogP contribution in [-0.4, -0.2) is 16.2 Å². The summed E-state index contributed by atoms with van der Waals surface area (Å²) < 4.78 is 7.71. The van der Waals surface area contributed by atoms with Gasteiger partial charge in [-0.3, -0.25) is 9.78 Å². The number of nitrogens with one attached hydrogen (secondary N) is 2. The lowest BCUT2D eigenvalue weighted by Gasteiger charge is -1.92. The van der Waals surface area contributed by atoms with Crippen LogP contribution in [0.2, 0.25) is 0 Å². The van der Waals surface area contributed by atoms with Crippen molar-refractivity contribution in [2.24, 2.45) is 4.99 Å². The Bertz CT molecular complexity index is 658. The third kappa shape index (κ3) is 2.33. The van der Waals surface area contributed by atoms with Crippen molar-refractivity contribution in [2.75, 3.05) is 0 Å². The van der Waals surface area contributed by atoms with Crippen molar-refractivity contribution >= 4 is 11.9 Å². The van der Waals surface area contributed by atoms with Gasteiger partial charge in [-0.1, -0.05) is 30.3 Å². The summed E-state index contributed by atoms with van der Waals surface area (Å²) in [5, 5.41) is 0. The molecule has 0 atom stereocenters. The maximum absolute atomic E-state index is 11.3. The maximum atomic E-state index is 11.3. The second-order valence-electron chi connectivity index (χ2n) is 3.05. The van der Waals surface area contributed by atoms with Gasteiger partial charge in [0, 0.05) is 12.4 Å². The first-order valence-electron chi connectivity index (χ1n) is 5.09. The largest absolute Gasteiger partial charge is 0.325 e. The summed E-state index contributed by atoms with van der Waals surface area (Å²) in [6.07, 6.45) is 1.14. The van der Waals surface area contributed by atoms with Crippen LogP contribution in [0.4, 0.5) is 5.69 Å². The second kappa shape index (κ2) is 4.39. The zero-order chi connectivity index (χ0) is 12.3. The molecular formula is C11H9N3O2. The minimum atomic E-state index is -0.616. The van der Waals surface area contributed by atoms with E-state index in [1.54, 1.807) is 24.3 Å². The highest BCUT2D eigenvalue weighted by Gasteiger charge is 1.95. The molecule has 0 radical (unpaired) electrons. The molecule has 0 saturated heterocycles. The predicted octanol–water partition coefficient (Wildman–Crippen LogP) is 0.814. The van der Waals surface area contributed by atoms with Crippen LogP contribution in [0.1, 0.15) is 6.93 Å². The van der Waals surface area contributed by atoms with Crippen LogP contribution in [0, 0.1) is 0 Å². The molecule has 0 saturated carbocycles. The summed E-state index contributed by atoms with van der Waals surface area (Å²) in [7, 11) is 0. The Morgan fingerprint density at radius 1 is 1.25 bits per heavy atom. The van der Waals surface area contributed by atoms with Crippen molar-refractivity contribution in [1.82, 2.24) is 9.97 Å². The van der Waals surface area contributed by atoms with E-state index in [1.807, 2.05) is 11.1 Å². The third-order valence-electron chi connectivity index (χ3n) is 1.88. The highest BCUT2D eigenvalue weighted by molar-refractivity contribution is 5.81. The van der Waals surface area contributed by atoms with Crippen LogP contribution >= 0.6 is 0 Å². The lowest BCUT2D eigenvalue weighted by molar-refractivity contribution is 1.03. The topological polar surface area (TPSA) is 78.1 Å². The van der Waals surface area contributed by atoms with E-state index in [0.717, 1.165) is 0 Å². The molecule has 2 rings (SSSR count). The standard InChI is InChI=1S/C11H9N3O2/c15-10-9(7-13-11(16)14-10)12-6-8-4-2-1-3-5-8/h1-7H,(H2,13,14,15,16)/i6D. The van der Waals surface area contributed by atoms with Gasteiger partial charge in [-0.25, -0.2) is 9.79 Å². The predicted molar refractivity (Wildman–Crippen MR) is 61.4 cm³/mol. The molecule has 16 heavy (non-hydrogen) atoms. The minimum absolute atomic E-state index is 0.00143. The van der Waals surface area contributed by atoms with Gasteiger partial charge in [-0.2, -0.15) is 0 Å². The quantitative estimate of drug-likeness (QED) is 0.729. The lowest BCUT2D eigenvalue weighted by Crippen LogP contribution is -2.20. The number of aromatic nitrogens is 2. The molecule has 0 aliphatic heterocycles. The fraction of sp³-hybridized carbons (Fsp3) is 0. The Morgan fingerprint density at radius 3 is 2.69 bits per heavy atom. The van der Waals surface area contributed by atoms with Gasteiger partial charge in [0.1, 0.15) is 5.69 Å². The van der Waals surface area contributed by atoms with Crippen molar-refractivity contribution < 1.29 is 1.37 Å². The Balaban J connectivity index is 2.43. The van der Waals surface area contributed by atoms with Gasteiger partial charge in [-0.05, 0) is 5.56 Å². The van der Waals surface area contributed by atoms with E-state index in [1.165, 1.54) is 6.20 Å². The highest BCUT2D eigenvalue weighted by atomic mass is 16.2. The van der Waals surface area contributed by atoms with Gasteiger partial charge < -0.3 is 4.98 Å². The first-order valence-corrected chi connectivity index (χ1v) is 4.59. The summed E-state index contributed by atoms with van der Waals surface area (Å²) >= 11 is 0. The van der Waals surface area contributed by atoms with Gasteiger partial charge in [0.25, 0.3) is 5.56 Å². The molecule has 1 heterocycles. The Hall–Kier alpha value is -2.43. The average molecular weight is 216 g/mol. The number of aliphatic imine (C=N–C) groups is 1. The molecule has 2 N–H and O–H groups in total. The van der Waals surface area contributed by atoms with E-state index in [-0.39, 0.29) is 11.9 Å². The fourth-order valence-corrected chi connectivity index (χ4v) is 1.12. The number of hydrogen-bond acceptors (Lipinski definition) is 3. The molecule has 0 spiro atoms. The molecule has 0 bridgehead atoms. The van der Waals surface area contributed by atoms with Crippen molar-refractivity contribution in [2.45, 2.75) is 0 Å². The van der Waals surface area contributed by atoms with E-state index >= 15 is 0 Å². The van der Waals surface area contributed by atoms with Crippen LogP contribution in [0.3, 0.4) is 0 Å². The SMILES string of the molecule is [2H]C(=Nc1c[nH]c(=O)[nH]c1=O)c1ccccc1. The average Bonchev–Trinajstić information content (AvgIpc) is 2.34. The van der Waals surface area contributed by atoms with Crippen molar-refractivity contribution in [3.8, 4) is 0 Å². The van der Waals surface area contributed by atoms with Gasteiger partial charge in [0.05, 0.1) is 1.37 Å². The maximum Gasteiger partial charge on any atom is 0.325 e. The van der Waals surface area contributed by atoms with Crippen LogP contribution in [0.25, 0.3) is 0 Å². The highest BCUT2D eigenvalue weighted by Crippen LogP contribution is 2.00. The zero-order valence-corrected chi connectivity index (χ0v) is 8.23. The summed E-state index contributed by atoms with van der Waals surface area (Å²) in [4.78, 5) is 30.3. The van der Waals surface area contributed by atoms with Crippen LogP contribution in [-0.2, 0) is 0 Å². The summed E-state index contributed by atoms with van der Waals surface area (Å²) in [5.74, 6) is 0. The molecule has 0 aliphatic rings. The summed E-state index contributed by atoms with van der Waals surface area (Å²) in [6, 6.07) is 8.80. The third-order valence-corrected chi connectivity index (χ3v) is 1.88. The van der Waals surface area contributed by atoms with Crippen LogP contribution in [0.15, 0.2) is 51.1 Å². The molecule has 1 aromatic heterocycles. The Morgan fingerprint density at radius 2 is 2.00 bits per heavy atom. The monoisotopic (exact) mass is 216 g/mol. The molecule has 0 fully saturated rings. The zero-order valence-electron chi connectivity index (χ0n) is 9.23. The number of nitrogens with zero attached hydrogens (tertiary/aromatic N) is 1. The molecule has 5 heteroatoms. The number of H-pyrrole nitrogens is 2.